The van der Waals surface area contributed by atoms with Gasteiger partial charge in [-0.3, -0.25) is 9.59 Å². The predicted octanol–water partition coefficient (Wildman–Crippen LogP) is 4.48. The first-order chi connectivity index (χ1) is 10.9. The monoisotopic (exact) mass is 308 g/mol. The van der Waals surface area contributed by atoms with Gasteiger partial charge in [0.2, 0.25) is 0 Å². The highest BCUT2D eigenvalue weighted by Gasteiger charge is 2.52. The van der Waals surface area contributed by atoms with E-state index in [1.54, 1.807) is 6.92 Å². The van der Waals surface area contributed by atoms with E-state index in [1.807, 2.05) is 6.08 Å². The van der Waals surface area contributed by atoms with Gasteiger partial charge in [0, 0.05) is 23.8 Å². The van der Waals surface area contributed by atoms with E-state index in [4.69, 9.17) is 0 Å². The summed E-state index contributed by atoms with van der Waals surface area (Å²) in [5, 5.41) is 0. The van der Waals surface area contributed by atoms with E-state index in [2.05, 4.69) is 32.1 Å². The first kappa shape index (κ1) is 14.9. The molecule has 0 unspecified atom stereocenters. The molecule has 4 aliphatic rings. The van der Waals surface area contributed by atoms with E-state index in [9.17, 15) is 9.59 Å². The highest BCUT2D eigenvalue weighted by molar-refractivity contribution is 5.97. The summed E-state index contributed by atoms with van der Waals surface area (Å²) in [6, 6.07) is 0. The average Bonchev–Trinajstić information content (AvgIpc) is 2.85. The largest absolute Gasteiger partial charge is 0.299 e. The van der Waals surface area contributed by atoms with Gasteiger partial charge >= 0.3 is 0 Å². The van der Waals surface area contributed by atoms with Crippen molar-refractivity contribution in [3.8, 4) is 0 Å². The Bertz CT molecular complexity index is 746. The molecule has 0 bridgehead atoms. The molecule has 0 aliphatic heterocycles. The Balaban J connectivity index is 1.77. The summed E-state index contributed by atoms with van der Waals surface area (Å²) >= 11 is 0. The molecule has 4 rings (SSSR count). The standard InChI is InChI=1S/C21H24O2/c1-13(22)17-6-7-18-16-5-4-14-12-15(23)8-10-20(14,2)19(16)9-11-21(17,18)3/h4-7,19H,8-12H2,1-3H3/t19-,20-,21+/m0/s1. The van der Waals surface area contributed by atoms with E-state index in [0.29, 0.717) is 24.5 Å². The zero-order chi connectivity index (χ0) is 16.4. The van der Waals surface area contributed by atoms with Crippen molar-refractivity contribution in [2.24, 2.45) is 16.7 Å². The van der Waals surface area contributed by atoms with Crippen molar-refractivity contribution >= 4 is 11.6 Å². The summed E-state index contributed by atoms with van der Waals surface area (Å²) in [6.45, 7) is 6.25. The smallest absolute Gasteiger partial charge is 0.156 e. The summed E-state index contributed by atoms with van der Waals surface area (Å²) < 4.78 is 0. The lowest BCUT2D eigenvalue weighted by Gasteiger charge is -2.51. The average molecular weight is 308 g/mol. The molecule has 2 heteroatoms. The molecule has 0 radical (unpaired) electrons. The second-order valence-electron chi connectivity index (χ2n) is 8.09. The van der Waals surface area contributed by atoms with E-state index in [1.165, 1.54) is 16.7 Å². The maximum Gasteiger partial charge on any atom is 0.156 e. The van der Waals surface area contributed by atoms with Crippen molar-refractivity contribution in [3.05, 3.63) is 46.6 Å². The molecule has 0 aromatic carbocycles. The van der Waals surface area contributed by atoms with Gasteiger partial charge in [0.1, 0.15) is 5.78 Å². The third kappa shape index (κ3) is 1.87. The van der Waals surface area contributed by atoms with Gasteiger partial charge in [-0.05, 0) is 48.7 Å². The summed E-state index contributed by atoms with van der Waals surface area (Å²) in [5.74, 6) is 1.07. The number of ketones is 2. The fourth-order valence-corrected chi connectivity index (χ4v) is 5.41. The van der Waals surface area contributed by atoms with Crippen LogP contribution < -0.4 is 0 Å². The van der Waals surface area contributed by atoms with Gasteiger partial charge in [0.15, 0.2) is 5.78 Å². The zero-order valence-electron chi connectivity index (χ0n) is 14.2. The van der Waals surface area contributed by atoms with Gasteiger partial charge < -0.3 is 0 Å². The second kappa shape index (κ2) is 4.66. The number of rotatable bonds is 1. The number of Topliss-reactive ketones (excluding diaryl/α,β-unsaturated/α-hetero) is 2. The summed E-state index contributed by atoms with van der Waals surface area (Å²) in [7, 11) is 0. The normalized spacial score (nSPS) is 38.6. The Hall–Kier alpha value is -1.70. The molecule has 0 aromatic rings. The molecular formula is C21H24O2. The minimum absolute atomic E-state index is 0.111. The van der Waals surface area contributed by atoms with Crippen molar-refractivity contribution < 1.29 is 9.59 Å². The van der Waals surface area contributed by atoms with E-state index >= 15 is 0 Å². The van der Waals surface area contributed by atoms with Gasteiger partial charge in [-0.1, -0.05) is 43.7 Å². The molecule has 0 aromatic heterocycles. The number of fused-ring (bicyclic) bond motifs is 5. The van der Waals surface area contributed by atoms with Crippen LogP contribution in [0.25, 0.3) is 0 Å². The van der Waals surface area contributed by atoms with E-state index in [-0.39, 0.29) is 16.6 Å². The quantitative estimate of drug-likeness (QED) is 0.715. The fourth-order valence-electron chi connectivity index (χ4n) is 5.41. The summed E-state index contributed by atoms with van der Waals surface area (Å²) in [4.78, 5) is 23.9. The van der Waals surface area contributed by atoms with E-state index < -0.39 is 0 Å². The number of carbonyl (C=O) groups is 2. The molecule has 2 saturated carbocycles. The van der Waals surface area contributed by atoms with Gasteiger partial charge in [-0.25, -0.2) is 0 Å². The molecule has 0 spiro atoms. The second-order valence-corrected chi connectivity index (χ2v) is 8.09. The number of hydrogen-bond donors (Lipinski definition) is 0. The van der Waals surface area contributed by atoms with Gasteiger partial charge in [-0.2, -0.15) is 0 Å². The van der Waals surface area contributed by atoms with Crippen molar-refractivity contribution in [2.75, 3.05) is 0 Å². The molecular weight excluding hydrogens is 284 g/mol. The molecule has 2 nitrogen and oxygen atoms in total. The Kier molecular flexibility index (Phi) is 3.01. The van der Waals surface area contributed by atoms with Crippen LogP contribution in [-0.2, 0) is 9.59 Å². The lowest BCUT2D eigenvalue weighted by Crippen LogP contribution is -2.42. The van der Waals surface area contributed by atoms with Crippen LogP contribution in [0.15, 0.2) is 46.6 Å². The Morgan fingerprint density at radius 3 is 2.65 bits per heavy atom. The van der Waals surface area contributed by atoms with Crippen LogP contribution in [0.3, 0.4) is 0 Å². The third-order valence-corrected chi connectivity index (χ3v) is 6.88. The SMILES string of the molecule is CC(=O)C1=CC=C2C3=CC=C4CC(=O)CC[C@]4(C)[C@H]3CC[C@]12C. The van der Waals surface area contributed by atoms with Crippen molar-refractivity contribution in [1.82, 2.24) is 0 Å². The topological polar surface area (TPSA) is 34.1 Å². The maximum atomic E-state index is 12.0. The Morgan fingerprint density at radius 1 is 1.13 bits per heavy atom. The van der Waals surface area contributed by atoms with Crippen LogP contribution in [0.1, 0.15) is 52.9 Å². The number of carbonyl (C=O) groups excluding carboxylic acids is 2. The predicted molar refractivity (Wildman–Crippen MR) is 90.8 cm³/mol. The third-order valence-electron chi connectivity index (χ3n) is 6.88. The van der Waals surface area contributed by atoms with Crippen LogP contribution in [0, 0.1) is 16.7 Å². The lowest BCUT2D eigenvalue weighted by atomic mass is 9.52. The van der Waals surface area contributed by atoms with Gasteiger partial charge in [0.25, 0.3) is 0 Å². The van der Waals surface area contributed by atoms with Crippen molar-refractivity contribution in [2.45, 2.75) is 52.9 Å². The van der Waals surface area contributed by atoms with Crippen LogP contribution in [-0.4, -0.2) is 11.6 Å². The molecule has 0 saturated heterocycles. The van der Waals surface area contributed by atoms with Gasteiger partial charge in [-0.15, -0.1) is 0 Å². The van der Waals surface area contributed by atoms with Crippen LogP contribution >= 0.6 is 0 Å². The molecule has 4 aliphatic carbocycles. The first-order valence-corrected chi connectivity index (χ1v) is 8.73. The summed E-state index contributed by atoms with van der Waals surface area (Å²) in [6.07, 6.45) is 13.1. The highest BCUT2D eigenvalue weighted by Crippen LogP contribution is 2.61. The van der Waals surface area contributed by atoms with Crippen LogP contribution in [0.5, 0.6) is 0 Å². The first-order valence-electron chi connectivity index (χ1n) is 8.73. The number of hydrogen-bond acceptors (Lipinski definition) is 2. The molecule has 0 amide bonds. The van der Waals surface area contributed by atoms with Crippen LogP contribution in [0.4, 0.5) is 0 Å². The molecule has 2 fully saturated rings. The Labute approximate surface area is 138 Å². The molecule has 0 N–H and O–H groups in total. The molecule has 120 valence electrons. The minimum atomic E-state index is -0.111. The van der Waals surface area contributed by atoms with Crippen LogP contribution in [0.2, 0.25) is 0 Å². The molecule has 0 heterocycles. The lowest BCUT2D eigenvalue weighted by molar-refractivity contribution is -0.121. The minimum Gasteiger partial charge on any atom is -0.299 e. The fraction of sp³-hybridized carbons (Fsp3) is 0.524. The summed E-state index contributed by atoms with van der Waals surface area (Å²) in [5.41, 5.74) is 5.05. The Morgan fingerprint density at radius 2 is 1.91 bits per heavy atom. The van der Waals surface area contributed by atoms with Gasteiger partial charge in [0.05, 0.1) is 0 Å². The van der Waals surface area contributed by atoms with Crippen molar-refractivity contribution in [3.63, 3.8) is 0 Å². The zero-order valence-corrected chi connectivity index (χ0v) is 14.2. The maximum absolute atomic E-state index is 12.0. The molecule has 23 heavy (non-hydrogen) atoms. The molecule has 3 atom stereocenters. The van der Waals surface area contributed by atoms with Crippen molar-refractivity contribution in [1.29, 1.82) is 0 Å². The highest BCUT2D eigenvalue weighted by atomic mass is 16.1. The number of allylic oxidation sites excluding steroid dienone is 8. The van der Waals surface area contributed by atoms with E-state index in [0.717, 1.165) is 24.8 Å².